The van der Waals surface area contributed by atoms with Crippen molar-refractivity contribution in [3.05, 3.63) is 35.9 Å². The molecular formula is C14H18F3N. The molecule has 0 radical (unpaired) electrons. The molecule has 0 saturated carbocycles. The van der Waals surface area contributed by atoms with Gasteiger partial charge in [-0.2, -0.15) is 13.2 Å². The molecule has 2 atom stereocenters. The van der Waals surface area contributed by atoms with E-state index in [4.69, 9.17) is 0 Å². The molecule has 1 saturated heterocycles. The molecule has 1 nitrogen and oxygen atoms in total. The maximum absolute atomic E-state index is 13.2. The fraction of sp³-hybridized carbons (Fsp3) is 0.571. The molecule has 4 heteroatoms. The van der Waals surface area contributed by atoms with E-state index in [1.54, 1.807) is 4.90 Å². The molecule has 0 aromatic heterocycles. The third-order valence-corrected chi connectivity index (χ3v) is 4.06. The molecule has 100 valence electrons. The van der Waals surface area contributed by atoms with E-state index in [2.05, 4.69) is 0 Å². The third kappa shape index (κ3) is 2.14. The molecule has 2 rings (SSSR count). The van der Waals surface area contributed by atoms with E-state index in [1.807, 2.05) is 37.3 Å². The average molecular weight is 257 g/mol. The molecule has 1 aliphatic heterocycles. The fourth-order valence-corrected chi connectivity index (χ4v) is 2.82. The van der Waals surface area contributed by atoms with Gasteiger partial charge in [-0.05, 0) is 38.8 Å². The van der Waals surface area contributed by atoms with Crippen LogP contribution in [0, 0.1) is 0 Å². The first-order chi connectivity index (χ1) is 8.36. The van der Waals surface area contributed by atoms with Gasteiger partial charge in [0, 0.05) is 6.04 Å². The van der Waals surface area contributed by atoms with Crippen LogP contribution in [0.5, 0.6) is 0 Å². The summed E-state index contributed by atoms with van der Waals surface area (Å²) < 4.78 is 39.7. The van der Waals surface area contributed by atoms with Crippen LogP contribution < -0.4 is 0 Å². The van der Waals surface area contributed by atoms with Crippen LogP contribution in [0.25, 0.3) is 0 Å². The number of benzene rings is 1. The molecule has 0 aliphatic carbocycles. The van der Waals surface area contributed by atoms with E-state index in [0.29, 0.717) is 13.0 Å². The van der Waals surface area contributed by atoms with Crippen LogP contribution in [0.1, 0.15) is 38.3 Å². The Labute approximate surface area is 106 Å². The van der Waals surface area contributed by atoms with Gasteiger partial charge in [0.25, 0.3) is 0 Å². The van der Waals surface area contributed by atoms with Crippen LogP contribution in [-0.4, -0.2) is 23.2 Å². The van der Waals surface area contributed by atoms with E-state index in [-0.39, 0.29) is 12.5 Å². The van der Waals surface area contributed by atoms with Crippen LogP contribution in [0.2, 0.25) is 0 Å². The van der Waals surface area contributed by atoms with Crippen molar-refractivity contribution in [2.24, 2.45) is 0 Å². The lowest BCUT2D eigenvalue weighted by Gasteiger charge is -2.40. The van der Waals surface area contributed by atoms with Crippen LogP contribution in [0.3, 0.4) is 0 Å². The van der Waals surface area contributed by atoms with E-state index >= 15 is 0 Å². The van der Waals surface area contributed by atoms with Crippen molar-refractivity contribution in [2.45, 2.75) is 44.4 Å². The van der Waals surface area contributed by atoms with Crippen LogP contribution in [-0.2, 0) is 0 Å². The van der Waals surface area contributed by atoms with Crippen molar-refractivity contribution in [3.63, 3.8) is 0 Å². The first-order valence-corrected chi connectivity index (χ1v) is 6.25. The average Bonchev–Trinajstić information content (AvgIpc) is 2.72. The second kappa shape index (κ2) is 4.57. The molecule has 1 aromatic carbocycles. The predicted molar refractivity (Wildman–Crippen MR) is 65.3 cm³/mol. The molecule has 1 heterocycles. The van der Waals surface area contributed by atoms with Gasteiger partial charge >= 0.3 is 6.18 Å². The zero-order chi connectivity index (χ0) is 13.4. The lowest BCUT2D eigenvalue weighted by atomic mass is 9.95. The summed E-state index contributed by atoms with van der Waals surface area (Å²) in [6.45, 7) is 3.68. The van der Waals surface area contributed by atoms with Gasteiger partial charge in [0.1, 0.15) is 5.54 Å². The van der Waals surface area contributed by atoms with Gasteiger partial charge in [0.05, 0.1) is 0 Å². The van der Waals surface area contributed by atoms with E-state index in [9.17, 15) is 13.2 Å². The highest BCUT2D eigenvalue weighted by molar-refractivity contribution is 5.20. The predicted octanol–water partition coefficient (Wildman–Crippen LogP) is 4.16. The van der Waals surface area contributed by atoms with Gasteiger partial charge in [0.2, 0.25) is 0 Å². The summed E-state index contributed by atoms with van der Waals surface area (Å²) in [5, 5.41) is 0. The number of nitrogens with zero attached hydrogens (tertiary/aromatic N) is 1. The number of likely N-dealkylation sites (tertiary alicyclic amines) is 1. The van der Waals surface area contributed by atoms with Gasteiger partial charge in [0.15, 0.2) is 0 Å². The van der Waals surface area contributed by atoms with Gasteiger partial charge in [-0.3, -0.25) is 4.90 Å². The lowest BCUT2D eigenvalue weighted by Crippen LogP contribution is -2.53. The van der Waals surface area contributed by atoms with Gasteiger partial charge < -0.3 is 0 Å². The topological polar surface area (TPSA) is 3.24 Å². The van der Waals surface area contributed by atoms with Crippen LogP contribution >= 0.6 is 0 Å². The van der Waals surface area contributed by atoms with Crippen molar-refractivity contribution >= 4 is 0 Å². The second-order valence-electron chi connectivity index (χ2n) is 5.16. The summed E-state index contributed by atoms with van der Waals surface area (Å²) in [5.74, 6) is 0. The summed E-state index contributed by atoms with van der Waals surface area (Å²) >= 11 is 0. The number of rotatable bonds is 2. The molecule has 1 unspecified atom stereocenters. The summed E-state index contributed by atoms with van der Waals surface area (Å²) in [4.78, 5) is 1.59. The Balaban J connectivity index is 2.28. The highest BCUT2D eigenvalue weighted by atomic mass is 19.4. The third-order valence-electron chi connectivity index (χ3n) is 4.06. The van der Waals surface area contributed by atoms with Crippen LogP contribution in [0.4, 0.5) is 13.2 Å². The highest BCUT2D eigenvalue weighted by Crippen LogP contribution is 2.46. The quantitative estimate of drug-likeness (QED) is 0.768. The second-order valence-corrected chi connectivity index (χ2v) is 5.16. The largest absolute Gasteiger partial charge is 0.406 e. The van der Waals surface area contributed by atoms with Crippen LogP contribution in [0.15, 0.2) is 30.3 Å². The minimum Gasteiger partial charge on any atom is -0.283 e. The number of halogens is 3. The summed E-state index contributed by atoms with van der Waals surface area (Å²) in [5.41, 5.74) is -0.753. The van der Waals surface area contributed by atoms with Crippen molar-refractivity contribution in [1.29, 1.82) is 0 Å². The Hall–Kier alpha value is -1.03. The smallest absolute Gasteiger partial charge is 0.283 e. The first kappa shape index (κ1) is 13.4. The number of alkyl halides is 3. The highest BCUT2D eigenvalue weighted by Gasteiger charge is 2.57. The maximum atomic E-state index is 13.2. The standard InChI is InChI=1S/C14H18F3N/c1-11(12-7-4-3-5-8-12)18-10-6-9-13(18,2)14(15,16)17/h3-5,7-8,11H,6,9-10H2,1-2H3/t11-,13?/m1/s1. The van der Waals surface area contributed by atoms with Crippen molar-refractivity contribution in [2.75, 3.05) is 6.54 Å². The lowest BCUT2D eigenvalue weighted by molar-refractivity contribution is -0.223. The zero-order valence-electron chi connectivity index (χ0n) is 10.7. The molecule has 0 bridgehead atoms. The summed E-state index contributed by atoms with van der Waals surface area (Å²) in [6.07, 6.45) is -3.38. The molecule has 0 amide bonds. The molecule has 1 aromatic rings. The SMILES string of the molecule is C[C@H](c1ccccc1)N1CCCC1(C)C(F)(F)F. The molecule has 0 spiro atoms. The Morgan fingerprint density at radius 3 is 2.39 bits per heavy atom. The Kier molecular flexibility index (Phi) is 3.41. The minimum absolute atomic E-state index is 0.188. The van der Waals surface area contributed by atoms with Crippen molar-refractivity contribution in [1.82, 2.24) is 4.90 Å². The summed E-state index contributed by atoms with van der Waals surface area (Å²) in [7, 11) is 0. The van der Waals surface area contributed by atoms with E-state index < -0.39 is 11.7 Å². The Morgan fingerprint density at radius 1 is 1.22 bits per heavy atom. The van der Waals surface area contributed by atoms with Crippen molar-refractivity contribution in [3.8, 4) is 0 Å². The Bertz CT molecular complexity index is 401. The molecule has 18 heavy (non-hydrogen) atoms. The monoisotopic (exact) mass is 257 g/mol. The Morgan fingerprint density at radius 2 is 1.83 bits per heavy atom. The van der Waals surface area contributed by atoms with E-state index in [1.165, 1.54) is 6.92 Å². The van der Waals surface area contributed by atoms with Crippen molar-refractivity contribution < 1.29 is 13.2 Å². The van der Waals surface area contributed by atoms with Gasteiger partial charge in [-0.1, -0.05) is 30.3 Å². The van der Waals surface area contributed by atoms with Gasteiger partial charge in [-0.25, -0.2) is 0 Å². The fourth-order valence-electron chi connectivity index (χ4n) is 2.82. The zero-order valence-corrected chi connectivity index (χ0v) is 10.7. The number of hydrogen-bond donors (Lipinski definition) is 0. The number of hydrogen-bond acceptors (Lipinski definition) is 1. The molecule has 1 aliphatic rings. The molecule has 0 N–H and O–H groups in total. The summed E-state index contributed by atoms with van der Waals surface area (Å²) in [6, 6.07) is 9.18. The van der Waals surface area contributed by atoms with E-state index in [0.717, 1.165) is 5.56 Å². The maximum Gasteiger partial charge on any atom is 0.406 e. The first-order valence-electron chi connectivity index (χ1n) is 6.25. The molecular weight excluding hydrogens is 239 g/mol. The normalized spacial score (nSPS) is 27.4. The van der Waals surface area contributed by atoms with Gasteiger partial charge in [-0.15, -0.1) is 0 Å². The minimum atomic E-state index is -4.17. The molecule has 1 fully saturated rings.